The Morgan fingerprint density at radius 3 is 2.78 bits per heavy atom. The Kier molecular flexibility index (Phi) is 3.77. The van der Waals surface area contributed by atoms with E-state index in [2.05, 4.69) is 0 Å². The van der Waals surface area contributed by atoms with Gasteiger partial charge in [0.15, 0.2) is 0 Å². The number of hydrogen-bond acceptors (Lipinski definition) is 3. The van der Waals surface area contributed by atoms with E-state index < -0.39 is 6.09 Å². The van der Waals surface area contributed by atoms with Crippen molar-refractivity contribution < 1.29 is 14.3 Å². The Bertz CT molecular complexity index is 479. The van der Waals surface area contributed by atoms with Crippen molar-refractivity contribution in [1.29, 1.82) is 0 Å². The molecule has 94 valence electrons. The van der Waals surface area contributed by atoms with Crippen molar-refractivity contribution in [2.24, 2.45) is 0 Å². The van der Waals surface area contributed by atoms with Gasteiger partial charge < -0.3 is 4.74 Å². The van der Waals surface area contributed by atoms with E-state index in [4.69, 9.17) is 4.74 Å². The summed E-state index contributed by atoms with van der Waals surface area (Å²) >= 11 is 0. The normalized spacial score (nSPS) is 17.3. The lowest BCUT2D eigenvalue weighted by atomic mass is 10.1. The molecular weight excluding hydrogens is 230 g/mol. The SMILES string of the molecule is CCOC(=O)N1CC/C(=C\c2ccccc2)C1=O. The second kappa shape index (κ2) is 5.49. The first kappa shape index (κ1) is 12.4. The molecule has 4 nitrogen and oxygen atoms in total. The van der Waals surface area contributed by atoms with Gasteiger partial charge in [-0.3, -0.25) is 4.79 Å². The highest BCUT2D eigenvalue weighted by Gasteiger charge is 2.31. The summed E-state index contributed by atoms with van der Waals surface area (Å²) < 4.78 is 4.83. The number of amides is 2. The van der Waals surface area contributed by atoms with Gasteiger partial charge in [-0.15, -0.1) is 0 Å². The average molecular weight is 245 g/mol. The second-order valence-corrected chi connectivity index (χ2v) is 3.99. The first-order valence-electron chi connectivity index (χ1n) is 5.96. The maximum absolute atomic E-state index is 12.0. The van der Waals surface area contributed by atoms with E-state index in [0.717, 1.165) is 10.5 Å². The maximum Gasteiger partial charge on any atom is 0.416 e. The summed E-state index contributed by atoms with van der Waals surface area (Å²) in [6.07, 6.45) is 1.84. The highest BCUT2D eigenvalue weighted by Crippen LogP contribution is 2.20. The predicted molar refractivity (Wildman–Crippen MR) is 67.8 cm³/mol. The summed E-state index contributed by atoms with van der Waals surface area (Å²) in [7, 11) is 0. The minimum Gasteiger partial charge on any atom is -0.449 e. The summed E-state index contributed by atoms with van der Waals surface area (Å²) in [6, 6.07) is 9.59. The number of nitrogens with zero attached hydrogens (tertiary/aromatic N) is 1. The van der Waals surface area contributed by atoms with Crippen LogP contribution in [-0.2, 0) is 9.53 Å². The largest absolute Gasteiger partial charge is 0.449 e. The van der Waals surface area contributed by atoms with Crippen LogP contribution in [0.25, 0.3) is 6.08 Å². The molecule has 1 aliphatic rings. The fourth-order valence-corrected chi connectivity index (χ4v) is 1.87. The fourth-order valence-electron chi connectivity index (χ4n) is 1.87. The van der Waals surface area contributed by atoms with Gasteiger partial charge in [0.05, 0.1) is 6.61 Å². The van der Waals surface area contributed by atoms with E-state index in [1.807, 2.05) is 36.4 Å². The second-order valence-electron chi connectivity index (χ2n) is 3.99. The molecule has 1 saturated heterocycles. The molecule has 1 heterocycles. The van der Waals surface area contributed by atoms with Crippen LogP contribution in [-0.4, -0.2) is 30.1 Å². The molecule has 0 spiro atoms. The molecule has 0 radical (unpaired) electrons. The van der Waals surface area contributed by atoms with Gasteiger partial charge in [0.2, 0.25) is 0 Å². The van der Waals surface area contributed by atoms with Crippen molar-refractivity contribution in [3.05, 3.63) is 41.5 Å². The van der Waals surface area contributed by atoms with Gasteiger partial charge in [-0.2, -0.15) is 0 Å². The van der Waals surface area contributed by atoms with Crippen molar-refractivity contribution in [2.45, 2.75) is 13.3 Å². The molecule has 2 amide bonds. The number of carbonyl (C=O) groups excluding carboxylic acids is 2. The molecule has 1 aliphatic heterocycles. The van der Waals surface area contributed by atoms with Crippen molar-refractivity contribution >= 4 is 18.1 Å². The van der Waals surface area contributed by atoms with Crippen LogP contribution in [0.5, 0.6) is 0 Å². The Morgan fingerprint density at radius 2 is 2.11 bits per heavy atom. The van der Waals surface area contributed by atoms with Gasteiger partial charge >= 0.3 is 6.09 Å². The zero-order valence-electron chi connectivity index (χ0n) is 10.3. The Labute approximate surface area is 106 Å². The fraction of sp³-hybridized carbons (Fsp3) is 0.286. The molecular formula is C14H15NO3. The molecule has 0 aromatic heterocycles. The van der Waals surface area contributed by atoms with Gasteiger partial charge in [0.1, 0.15) is 0 Å². The standard InChI is InChI=1S/C14H15NO3/c1-2-18-14(17)15-9-8-12(13(15)16)10-11-6-4-3-5-7-11/h3-7,10H,2,8-9H2,1H3/b12-10+. The number of imide groups is 1. The molecule has 4 heteroatoms. The molecule has 0 unspecified atom stereocenters. The molecule has 0 saturated carbocycles. The van der Waals surface area contributed by atoms with E-state index in [1.165, 1.54) is 0 Å². The maximum atomic E-state index is 12.0. The van der Waals surface area contributed by atoms with E-state index in [0.29, 0.717) is 18.5 Å². The third kappa shape index (κ3) is 2.59. The molecule has 18 heavy (non-hydrogen) atoms. The van der Waals surface area contributed by atoms with E-state index in [9.17, 15) is 9.59 Å². The van der Waals surface area contributed by atoms with E-state index >= 15 is 0 Å². The zero-order valence-corrected chi connectivity index (χ0v) is 10.3. The summed E-state index contributed by atoms with van der Waals surface area (Å²) in [5.74, 6) is -0.252. The molecule has 0 aliphatic carbocycles. The lowest BCUT2D eigenvalue weighted by Gasteiger charge is -2.11. The molecule has 2 rings (SSSR count). The lowest BCUT2D eigenvalue weighted by molar-refractivity contribution is -0.123. The summed E-state index contributed by atoms with van der Waals surface area (Å²) in [5.41, 5.74) is 1.61. The van der Waals surface area contributed by atoms with Crippen LogP contribution in [0, 0.1) is 0 Å². The van der Waals surface area contributed by atoms with E-state index in [-0.39, 0.29) is 12.5 Å². The number of hydrogen-bond donors (Lipinski definition) is 0. The van der Waals surface area contributed by atoms with Crippen molar-refractivity contribution in [1.82, 2.24) is 4.90 Å². The van der Waals surface area contributed by atoms with Crippen LogP contribution in [0.2, 0.25) is 0 Å². The third-order valence-electron chi connectivity index (χ3n) is 2.75. The van der Waals surface area contributed by atoms with Crippen LogP contribution in [0.3, 0.4) is 0 Å². The monoisotopic (exact) mass is 245 g/mol. The number of ether oxygens (including phenoxy) is 1. The van der Waals surface area contributed by atoms with Gasteiger partial charge in [-0.25, -0.2) is 9.69 Å². The average Bonchev–Trinajstić information content (AvgIpc) is 2.73. The Morgan fingerprint density at radius 1 is 1.39 bits per heavy atom. The van der Waals surface area contributed by atoms with Gasteiger partial charge in [0, 0.05) is 12.1 Å². The van der Waals surface area contributed by atoms with Crippen LogP contribution in [0.15, 0.2) is 35.9 Å². The first-order valence-corrected chi connectivity index (χ1v) is 5.96. The van der Waals surface area contributed by atoms with Crippen molar-refractivity contribution in [3.63, 3.8) is 0 Å². The molecule has 0 bridgehead atoms. The van der Waals surface area contributed by atoms with Crippen molar-refractivity contribution in [2.75, 3.05) is 13.2 Å². The molecule has 1 aromatic carbocycles. The topological polar surface area (TPSA) is 46.6 Å². The number of benzene rings is 1. The Hall–Kier alpha value is -2.10. The summed E-state index contributed by atoms with van der Waals surface area (Å²) in [4.78, 5) is 24.6. The highest BCUT2D eigenvalue weighted by atomic mass is 16.6. The zero-order chi connectivity index (χ0) is 13.0. The predicted octanol–water partition coefficient (Wildman–Crippen LogP) is 2.46. The highest BCUT2D eigenvalue weighted by molar-refractivity contribution is 6.07. The summed E-state index contributed by atoms with van der Waals surface area (Å²) in [6.45, 7) is 2.40. The molecule has 0 atom stereocenters. The van der Waals surface area contributed by atoms with Crippen molar-refractivity contribution in [3.8, 4) is 0 Å². The van der Waals surface area contributed by atoms with Crippen LogP contribution in [0.1, 0.15) is 18.9 Å². The van der Waals surface area contributed by atoms with Gasteiger partial charge in [-0.1, -0.05) is 30.3 Å². The molecule has 0 N–H and O–H groups in total. The summed E-state index contributed by atoms with van der Waals surface area (Å²) in [5, 5.41) is 0. The number of likely N-dealkylation sites (tertiary alicyclic amines) is 1. The minimum atomic E-state index is -0.557. The first-order chi connectivity index (χ1) is 8.72. The van der Waals surface area contributed by atoms with E-state index in [1.54, 1.807) is 6.92 Å². The lowest BCUT2D eigenvalue weighted by Crippen LogP contribution is -2.32. The molecule has 1 aromatic rings. The minimum absolute atomic E-state index is 0.252. The quantitative estimate of drug-likeness (QED) is 0.752. The third-order valence-corrected chi connectivity index (χ3v) is 2.75. The number of rotatable bonds is 2. The van der Waals surface area contributed by atoms with Crippen LogP contribution >= 0.6 is 0 Å². The Balaban J connectivity index is 2.12. The van der Waals surface area contributed by atoms with Crippen LogP contribution < -0.4 is 0 Å². The molecule has 1 fully saturated rings. The van der Waals surface area contributed by atoms with Crippen LogP contribution in [0.4, 0.5) is 4.79 Å². The van der Waals surface area contributed by atoms with Gasteiger partial charge in [-0.05, 0) is 25.0 Å². The smallest absolute Gasteiger partial charge is 0.416 e. The van der Waals surface area contributed by atoms with Gasteiger partial charge in [0.25, 0.3) is 5.91 Å². The number of carbonyl (C=O) groups is 2.